The normalized spacial score (nSPS) is 10.6. The number of nitro groups is 1. The first-order valence-electron chi connectivity index (χ1n) is 6.86. The van der Waals surface area contributed by atoms with Crippen LogP contribution in [0.5, 0.6) is 5.75 Å². The van der Waals surface area contributed by atoms with Gasteiger partial charge in [0, 0.05) is 32.9 Å². The van der Waals surface area contributed by atoms with E-state index in [0.717, 1.165) is 5.56 Å². The first-order valence-corrected chi connectivity index (χ1v) is 6.86. The molecule has 0 aliphatic carbocycles. The first kappa shape index (κ1) is 17.4. The molecule has 118 valence electrons. The van der Waals surface area contributed by atoms with Crippen molar-refractivity contribution in [1.29, 1.82) is 0 Å². The van der Waals surface area contributed by atoms with Gasteiger partial charge in [-0.15, -0.1) is 0 Å². The molecule has 1 N–H and O–H groups in total. The average Bonchev–Trinajstić information content (AvgIpc) is 2.48. The third-order valence-electron chi connectivity index (χ3n) is 2.72. The summed E-state index contributed by atoms with van der Waals surface area (Å²) in [6, 6.07) is 4.95. The van der Waals surface area contributed by atoms with Crippen molar-refractivity contribution in [2.24, 2.45) is 0 Å². The third kappa shape index (κ3) is 6.52. The summed E-state index contributed by atoms with van der Waals surface area (Å²) in [6.07, 6.45) is 0. The van der Waals surface area contributed by atoms with Crippen LogP contribution < -0.4 is 10.1 Å². The molecule has 0 radical (unpaired) electrons. The van der Waals surface area contributed by atoms with Crippen molar-refractivity contribution in [3.05, 3.63) is 33.9 Å². The van der Waals surface area contributed by atoms with Gasteiger partial charge in [0.15, 0.2) is 5.75 Å². The van der Waals surface area contributed by atoms with Crippen molar-refractivity contribution in [1.82, 2.24) is 5.32 Å². The van der Waals surface area contributed by atoms with Gasteiger partial charge < -0.3 is 19.5 Å². The van der Waals surface area contributed by atoms with E-state index >= 15 is 0 Å². The van der Waals surface area contributed by atoms with Crippen LogP contribution in [0.2, 0.25) is 0 Å². The van der Waals surface area contributed by atoms with E-state index in [-0.39, 0.29) is 11.4 Å². The van der Waals surface area contributed by atoms with Crippen LogP contribution in [0.1, 0.15) is 12.5 Å². The summed E-state index contributed by atoms with van der Waals surface area (Å²) in [5.74, 6) is 0.264. The lowest BCUT2D eigenvalue weighted by molar-refractivity contribution is -0.386. The highest BCUT2D eigenvalue weighted by Crippen LogP contribution is 2.27. The predicted octanol–water partition coefficient (Wildman–Crippen LogP) is 1.75. The molecule has 0 saturated carbocycles. The molecule has 0 amide bonds. The minimum atomic E-state index is -0.436. The summed E-state index contributed by atoms with van der Waals surface area (Å²) in [5.41, 5.74) is 0.799. The Hall–Kier alpha value is -1.70. The zero-order valence-corrected chi connectivity index (χ0v) is 12.5. The highest BCUT2D eigenvalue weighted by molar-refractivity contribution is 5.48. The standard InChI is InChI=1S/C14H22N2O5/c1-3-20-8-9-21-14-5-4-12(10-13(14)16(17)18)11-15-6-7-19-2/h4-5,10,15H,3,6-9,11H2,1-2H3. The van der Waals surface area contributed by atoms with Gasteiger partial charge in [-0.05, 0) is 18.6 Å². The SMILES string of the molecule is CCOCCOc1ccc(CNCCOC)cc1[N+](=O)[O-]. The molecule has 0 heterocycles. The van der Waals surface area contributed by atoms with Gasteiger partial charge in [-0.3, -0.25) is 10.1 Å². The second-order valence-corrected chi connectivity index (χ2v) is 4.27. The Balaban J connectivity index is 2.61. The summed E-state index contributed by atoms with van der Waals surface area (Å²) >= 11 is 0. The predicted molar refractivity (Wildman–Crippen MR) is 78.7 cm³/mol. The second kappa shape index (κ2) is 10.1. The Morgan fingerprint density at radius 3 is 2.76 bits per heavy atom. The molecule has 0 aromatic heterocycles. The van der Waals surface area contributed by atoms with Crippen LogP contribution in [0, 0.1) is 10.1 Å². The number of hydrogen-bond donors (Lipinski definition) is 1. The Labute approximate surface area is 124 Å². The maximum atomic E-state index is 11.1. The molecule has 1 aromatic carbocycles. The van der Waals surface area contributed by atoms with Gasteiger partial charge in [-0.1, -0.05) is 6.07 Å². The molecule has 1 rings (SSSR count). The largest absolute Gasteiger partial charge is 0.484 e. The lowest BCUT2D eigenvalue weighted by Crippen LogP contribution is -2.18. The molecule has 0 atom stereocenters. The van der Waals surface area contributed by atoms with Crippen molar-refractivity contribution < 1.29 is 19.1 Å². The molecule has 0 unspecified atom stereocenters. The topological polar surface area (TPSA) is 82.9 Å². The maximum absolute atomic E-state index is 11.1. The fourth-order valence-corrected chi connectivity index (χ4v) is 1.70. The van der Waals surface area contributed by atoms with Crippen molar-refractivity contribution in [2.45, 2.75) is 13.5 Å². The van der Waals surface area contributed by atoms with Crippen LogP contribution in [0.15, 0.2) is 18.2 Å². The van der Waals surface area contributed by atoms with E-state index in [1.54, 1.807) is 13.2 Å². The molecule has 0 aliphatic rings. The van der Waals surface area contributed by atoms with E-state index in [1.165, 1.54) is 6.07 Å². The van der Waals surface area contributed by atoms with Crippen LogP contribution in [-0.2, 0) is 16.0 Å². The monoisotopic (exact) mass is 298 g/mol. The Kier molecular flexibility index (Phi) is 8.34. The van der Waals surface area contributed by atoms with Gasteiger partial charge in [0.1, 0.15) is 6.61 Å². The van der Waals surface area contributed by atoms with E-state index in [2.05, 4.69) is 5.32 Å². The van der Waals surface area contributed by atoms with Crippen LogP contribution in [-0.4, -0.2) is 45.0 Å². The number of methoxy groups -OCH3 is 1. The quantitative estimate of drug-likeness (QED) is 0.381. The molecule has 0 bridgehead atoms. The summed E-state index contributed by atoms with van der Waals surface area (Å²) in [4.78, 5) is 10.7. The zero-order chi connectivity index (χ0) is 15.5. The van der Waals surface area contributed by atoms with E-state index < -0.39 is 4.92 Å². The fourth-order valence-electron chi connectivity index (χ4n) is 1.70. The average molecular weight is 298 g/mol. The molecular formula is C14H22N2O5. The van der Waals surface area contributed by atoms with Crippen LogP contribution >= 0.6 is 0 Å². The molecule has 7 nitrogen and oxygen atoms in total. The molecule has 1 aromatic rings. The number of nitrogens with zero attached hydrogens (tertiary/aromatic N) is 1. The lowest BCUT2D eigenvalue weighted by Gasteiger charge is -2.09. The Morgan fingerprint density at radius 1 is 1.29 bits per heavy atom. The van der Waals surface area contributed by atoms with Gasteiger partial charge in [0.25, 0.3) is 0 Å². The van der Waals surface area contributed by atoms with Gasteiger partial charge in [-0.2, -0.15) is 0 Å². The maximum Gasteiger partial charge on any atom is 0.311 e. The second-order valence-electron chi connectivity index (χ2n) is 4.27. The summed E-state index contributed by atoms with van der Waals surface area (Å²) < 4.78 is 15.5. The van der Waals surface area contributed by atoms with E-state index in [9.17, 15) is 10.1 Å². The van der Waals surface area contributed by atoms with E-state index in [0.29, 0.717) is 39.5 Å². The van der Waals surface area contributed by atoms with Gasteiger partial charge in [-0.25, -0.2) is 0 Å². The van der Waals surface area contributed by atoms with Crippen molar-refractivity contribution in [3.63, 3.8) is 0 Å². The molecule has 21 heavy (non-hydrogen) atoms. The zero-order valence-electron chi connectivity index (χ0n) is 12.5. The minimum absolute atomic E-state index is 0.0301. The molecular weight excluding hydrogens is 276 g/mol. The van der Waals surface area contributed by atoms with Gasteiger partial charge >= 0.3 is 5.69 Å². The van der Waals surface area contributed by atoms with Gasteiger partial charge in [0.2, 0.25) is 0 Å². The number of nitrogens with one attached hydrogen (secondary N) is 1. The number of hydrogen-bond acceptors (Lipinski definition) is 6. The lowest BCUT2D eigenvalue weighted by atomic mass is 10.2. The summed E-state index contributed by atoms with van der Waals surface area (Å²) in [5, 5.41) is 14.2. The van der Waals surface area contributed by atoms with Crippen molar-refractivity contribution in [2.75, 3.05) is 40.1 Å². The highest BCUT2D eigenvalue weighted by Gasteiger charge is 2.15. The van der Waals surface area contributed by atoms with E-state index in [1.807, 2.05) is 13.0 Å². The highest BCUT2D eigenvalue weighted by atomic mass is 16.6. The third-order valence-corrected chi connectivity index (χ3v) is 2.72. The Morgan fingerprint density at radius 2 is 2.10 bits per heavy atom. The number of ether oxygens (including phenoxy) is 3. The molecule has 7 heteroatoms. The molecule has 0 aliphatic heterocycles. The van der Waals surface area contributed by atoms with Crippen molar-refractivity contribution >= 4 is 5.69 Å². The summed E-state index contributed by atoms with van der Waals surface area (Å²) in [7, 11) is 1.63. The smallest absolute Gasteiger partial charge is 0.311 e. The number of rotatable bonds is 11. The summed E-state index contributed by atoms with van der Waals surface area (Å²) in [6.45, 7) is 5.01. The number of benzene rings is 1. The van der Waals surface area contributed by atoms with Gasteiger partial charge in [0.05, 0.1) is 18.1 Å². The minimum Gasteiger partial charge on any atom is -0.484 e. The number of nitro benzene ring substituents is 1. The fraction of sp³-hybridized carbons (Fsp3) is 0.571. The van der Waals surface area contributed by atoms with Crippen LogP contribution in [0.25, 0.3) is 0 Å². The molecule has 0 fully saturated rings. The molecule has 0 saturated heterocycles. The van der Waals surface area contributed by atoms with E-state index in [4.69, 9.17) is 14.2 Å². The Bertz CT molecular complexity index is 439. The van der Waals surface area contributed by atoms with Crippen LogP contribution in [0.4, 0.5) is 5.69 Å². The molecule has 0 spiro atoms. The van der Waals surface area contributed by atoms with Crippen molar-refractivity contribution in [3.8, 4) is 5.75 Å². The van der Waals surface area contributed by atoms with Crippen LogP contribution in [0.3, 0.4) is 0 Å². The first-order chi connectivity index (χ1) is 10.2.